The van der Waals surface area contributed by atoms with E-state index in [1.807, 2.05) is 34.8 Å². The maximum absolute atomic E-state index is 11.0. The molecule has 142 valence electrons. The van der Waals surface area contributed by atoms with Crippen molar-refractivity contribution in [2.24, 2.45) is 5.10 Å². The fraction of sp³-hybridized carbons (Fsp3) is 0.238. The third-order valence-electron chi connectivity index (χ3n) is 5.01. The van der Waals surface area contributed by atoms with Crippen molar-refractivity contribution >= 4 is 17.1 Å². The molecule has 0 unspecified atom stereocenters. The number of hydrogen-bond acceptors (Lipinski definition) is 5. The van der Waals surface area contributed by atoms with Gasteiger partial charge < -0.3 is 0 Å². The van der Waals surface area contributed by atoms with E-state index in [2.05, 4.69) is 30.4 Å². The van der Waals surface area contributed by atoms with Gasteiger partial charge >= 0.3 is 0 Å². The molecular formula is C21H21N5O2. The highest BCUT2D eigenvalue weighted by Crippen LogP contribution is 2.38. The molecule has 7 nitrogen and oxygen atoms in total. The van der Waals surface area contributed by atoms with Crippen LogP contribution in [0.2, 0.25) is 0 Å². The quantitative estimate of drug-likeness (QED) is 0.487. The fourth-order valence-electron chi connectivity index (χ4n) is 3.55. The molecule has 3 aromatic rings. The minimum Gasteiger partial charge on any atom is -0.272 e. The van der Waals surface area contributed by atoms with Crippen LogP contribution in [0.1, 0.15) is 36.2 Å². The van der Waals surface area contributed by atoms with Gasteiger partial charge in [-0.05, 0) is 31.5 Å². The second-order valence-corrected chi connectivity index (χ2v) is 6.78. The fourth-order valence-corrected chi connectivity index (χ4v) is 3.55. The first-order chi connectivity index (χ1) is 13.6. The van der Waals surface area contributed by atoms with Crippen LogP contribution in [-0.2, 0) is 6.54 Å². The molecule has 4 rings (SSSR count). The molecule has 0 fully saturated rings. The zero-order valence-corrected chi connectivity index (χ0v) is 15.8. The smallest absolute Gasteiger partial charge is 0.269 e. The molecule has 0 amide bonds. The van der Waals surface area contributed by atoms with Crippen LogP contribution >= 0.6 is 0 Å². The average Bonchev–Trinajstić information content (AvgIpc) is 3.32. The summed E-state index contributed by atoms with van der Waals surface area (Å²) in [6.07, 6.45) is 2.82. The van der Waals surface area contributed by atoms with Gasteiger partial charge in [-0.1, -0.05) is 30.3 Å². The Labute approximate surface area is 163 Å². The predicted octanol–water partition coefficient (Wildman–Crippen LogP) is 4.48. The van der Waals surface area contributed by atoms with Crippen molar-refractivity contribution in [2.75, 3.05) is 5.01 Å². The van der Waals surface area contributed by atoms with E-state index in [1.165, 1.54) is 12.1 Å². The molecule has 0 bridgehead atoms. The molecule has 28 heavy (non-hydrogen) atoms. The molecule has 1 aliphatic rings. The number of non-ortho nitro benzene ring substituents is 1. The Balaban J connectivity index is 1.75. The van der Waals surface area contributed by atoms with Crippen molar-refractivity contribution in [1.29, 1.82) is 0 Å². The highest BCUT2D eigenvalue weighted by molar-refractivity contribution is 6.03. The van der Waals surface area contributed by atoms with E-state index in [-0.39, 0.29) is 16.7 Å². The largest absolute Gasteiger partial charge is 0.272 e. The zero-order chi connectivity index (χ0) is 19.7. The third kappa shape index (κ3) is 3.26. The van der Waals surface area contributed by atoms with Crippen molar-refractivity contribution in [1.82, 2.24) is 9.78 Å². The van der Waals surface area contributed by atoms with E-state index in [0.717, 1.165) is 41.2 Å². The summed E-state index contributed by atoms with van der Waals surface area (Å²) in [6, 6.07) is 16.6. The van der Waals surface area contributed by atoms with Crippen LogP contribution in [0.15, 0.2) is 65.9 Å². The summed E-state index contributed by atoms with van der Waals surface area (Å²) in [6.45, 7) is 4.87. The summed E-state index contributed by atoms with van der Waals surface area (Å²) in [4.78, 5) is 10.6. The average molecular weight is 375 g/mol. The van der Waals surface area contributed by atoms with Crippen molar-refractivity contribution in [3.8, 4) is 0 Å². The number of nitrogens with zero attached hydrogens (tertiary/aromatic N) is 5. The predicted molar refractivity (Wildman–Crippen MR) is 109 cm³/mol. The van der Waals surface area contributed by atoms with Crippen LogP contribution in [-0.4, -0.2) is 20.4 Å². The van der Waals surface area contributed by atoms with Gasteiger partial charge in [-0.25, -0.2) is 0 Å². The number of nitro benzene ring substituents is 1. The van der Waals surface area contributed by atoms with Crippen molar-refractivity contribution in [3.05, 3.63) is 87.7 Å². The highest BCUT2D eigenvalue weighted by atomic mass is 16.6. The first-order valence-corrected chi connectivity index (χ1v) is 9.27. The summed E-state index contributed by atoms with van der Waals surface area (Å²) < 4.78 is 1.93. The number of aryl methyl sites for hydroxylation is 2. The molecule has 0 saturated heterocycles. The molecule has 0 spiro atoms. The van der Waals surface area contributed by atoms with Crippen molar-refractivity contribution in [2.45, 2.75) is 32.9 Å². The summed E-state index contributed by atoms with van der Waals surface area (Å²) >= 11 is 0. The maximum atomic E-state index is 11.0. The Bertz CT molecular complexity index is 1020. The summed E-state index contributed by atoms with van der Waals surface area (Å²) in [5.41, 5.74) is 5.06. The van der Waals surface area contributed by atoms with Gasteiger partial charge in [-0.2, -0.15) is 10.2 Å². The second-order valence-electron chi connectivity index (χ2n) is 6.78. The van der Waals surface area contributed by atoms with E-state index < -0.39 is 0 Å². The van der Waals surface area contributed by atoms with E-state index in [9.17, 15) is 10.1 Å². The first-order valence-electron chi connectivity index (χ1n) is 9.27. The number of aromatic nitrogens is 2. The van der Waals surface area contributed by atoms with Crippen molar-refractivity contribution < 1.29 is 4.92 Å². The third-order valence-corrected chi connectivity index (χ3v) is 5.01. The molecule has 0 N–H and O–H groups in total. The van der Waals surface area contributed by atoms with Crippen LogP contribution in [0, 0.1) is 17.0 Å². The molecule has 0 aliphatic carbocycles. The molecule has 0 radical (unpaired) electrons. The van der Waals surface area contributed by atoms with E-state index in [1.54, 1.807) is 12.1 Å². The summed E-state index contributed by atoms with van der Waals surface area (Å²) in [5, 5.41) is 22.4. The lowest BCUT2D eigenvalue weighted by atomic mass is 9.99. The Morgan fingerprint density at radius 3 is 2.46 bits per heavy atom. The van der Waals surface area contributed by atoms with Crippen LogP contribution in [0.25, 0.3) is 0 Å². The maximum Gasteiger partial charge on any atom is 0.269 e. The highest BCUT2D eigenvalue weighted by Gasteiger charge is 2.32. The number of rotatable bonds is 5. The van der Waals surface area contributed by atoms with Gasteiger partial charge in [0.15, 0.2) is 0 Å². The van der Waals surface area contributed by atoms with E-state index in [0.29, 0.717) is 0 Å². The molecule has 1 atom stereocenters. The Kier molecular flexibility index (Phi) is 4.65. The lowest BCUT2D eigenvalue weighted by Crippen LogP contribution is -2.18. The van der Waals surface area contributed by atoms with Gasteiger partial charge in [-0.3, -0.25) is 19.8 Å². The zero-order valence-electron chi connectivity index (χ0n) is 15.8. The Hall–Kier alpha value is -3.48. The Morgan fingerprint density at radius 2 is 1.86 bits per heavy atom. The van der Waals surface area contributed by atoms with E-state index >= 15 is 0 Å². The minimum atomic E-state index is -0.390. The number of hydrazone groups is 1. The van der Waals surface area contributed by atoms with Gasteiger partial charge in [0.1, 0.15) is 0 Å². The topological polar surface area (TPSA) is 76.6 Å². The van der Waals surface area contributed by atoms with Crippen LogP contribution in [0.4, 0.5) is 11.4 Å². The van der Waals surface area contributed by atoms with Crippen LogP contribution in [0.3, 0.4) is 0 Å². The number of hydrogen-bond donors (Lipinski definition) is 0. The molecule has 0 saturated carbocycles. The molecule has 1 aromatic heterocycles. The van der Waals surface area contributed by atoms with Gasteiger partial charge in [0.25, 0.3) is 5.69 Å². The summed E-state index contributed by atoms with van der Waals surface area (Å²) in [7, 11) is 0. The van der Waals surface area contributed by atoms with Crippen LogP contribution < -0.4 is 5.01 Å². The van der Waals surface area contributed by atoms with Crippen LogP contribution in [0.5, 0.6) is 0 Å². The molecule has 2 heterocycles. The standard InChI is InChI=1S/C21H21N5O2/c1-3-24-14-19(15(2)22-24)21-13-20(16-7-5-4-6-8-16)23-25(21)17-9-11-18(12-10-17)26(27)28/h4-12,14,21H,3,13H2,1-2H3/t21-/m0/s1. The first kappa shape index (κ1) is 17.9. The number of nitro groups is 1. The van der Waals surface area contributed by atoms with Gasteiger partial charge in [0.05, 0.1) is 28.1 Å². The molecule has 2 aromatic carbocycles. The lowest BCUT2D eigenvalue weighted by Gasteiger charge is -2.23. The lowest BCUT2D eigenvalue weighted by molar-refractivity contribution is -0.384. The second kappa shape index (κ2) is 7.26. The van der Waals surface area contributed by atoms with Gasteiger partial charge in [0.2, 0.25) is 0 Å². The monoisotopic (exact) mass is 375 g/mol. The van der Waals surface area contributed by atoms with Gasteiger partial charge in [0, 0.05) is 36.9 Å². The number of benzene rings is 2. The minimum absolute atomic E-state index is 0.00281. The molecule has 7 heteroatoms. The molecular weight excluding hydrogens is 354 g/mol. The Morgan fingerprint density at radius 1 is 1.14 bits per heavy atom. The SMILES string of the molecule is CCn1cc([C@@H]2CC(c3ccccc3)=NN2c2ccc([N+](=O)[O-])cc2)c(C)n1. The van der Waals surface area contributed by atoms with Gasteiger partial charge in [-0.15, -0.1) is 0 Å². The van der Waals surface area contributed by atoms with E-state index in [4.69, 9.17) is 5.10 Å². The number of anilines is 1. The normalized spacial score (nSPS) is 16.3. The summed E-state index contributed by atoms with van der Waals surface area (Å²) in [5.74, 6) is 0. The molecule has 1 aliphatic heterocycles. The van der Waals surface area contributed by atoms with Crippen molar-refractivity contribution in [3.63, 3.8) is 0 Å².